The highest BCUT2D eigenvalue weighted by Crippen LogP contribution is 2.57. The van der Waals surface area contributed by atoms with Crippen LogP contribution in [0, 0.1) is 6.92 Å². The Hall–Kier alpha value is -7.16. The Kier molecular flexibility index (Phi) is 6.93. The molecule has 58 heavy (non-hydrogen) atoms. The lowest BCUT2D eigenvalue weighted by atomic mass is 9.78. The van der Waals surface area contributed by atoms with Gasteiger partial charge < -0.3 is 9.32 Å². The number of hydrogen-bond acceptors (Lipinski definition) is 2. The topological polar surface area (TPSA) is 16.4 Å². The van der Waals surface area contributed by atoms with Crippen molar-refractivity contribution in [3.05, 3.63) is 199 Å². The number of rotatable bonds is 5. The summed E-state index contributed by atoms with van der Waals surface area (Å²) in [5, 5.41) is 10.0. The van der Waals surface area contributed by atoms with Crippen molar-refractivity contribution in [1.82, 2.24) is 0 Å². The van der Waals surface area contributed by atoms with Crippen molar-refractivity contribution >= 4 is 71.3 Å². The third-order valence-electron chi connectivity index (χ3n) is 12.9. The largest absolute Gasteiger partial charge is 0.455 e. The van der Waals surface area contributed by atoms with E-state index in [1.807, 2.05) is 0 Å². The van der Waals surface area contributed by atoms with E-state index >= 15 is 0 Å². The highest BCUT2D eigenvalue weighted by atomic mass is 16.3. The molecule has 0 aliphatic heterocycles. The molecule has 1 aromatic heterocycles. The van der Waals surface area contributed by atoms with E-state index in [1.165, 1.54) is 76.6 Å². The number of anilines is 3. The van der Waals surface area contributed by atoms with Crippen LogP contribution in [-0.4, -0.2) is 0 Å². The molecule has 12 rings (SSSR count). The highest BCUT2D eigenvalue weighted by Gasteiger charge is 2.40. The first-order valence-corrected chi connectivity index (χ1v) is 20.3. The Balaban J connectivity index is 1.05. The normalized spacial score (nSPS) is 13.2. The number of para-hydroxylation sites is 2. The van der Waals surface area contributed by atoms with Gasteiger partial charge in [-0.2, -0.15) is 0 Å². The SMILES string of the molecule is Cc1c2c(c3oc4c(-c5ccc(N(c6ccccc6)c6cc7ccc8cccc9ccc(c6)c7c89)cc5)cccc4c3c1-c1ccccc1)-c1ccccc1C2(C)C. The molecule has 2 nitrogen and oxygen atoms in total. The number of hydrogen-bond donors (Lipinski definition) is 0. The Morgan fingerprint density at radius 2 is 1.02 bits per heavy atom. The van der Waals surface area contributed by atoms with Gasteiger partial charge in [0.05, 0.1) is 0 Å². The second kappa shape index (κ2) is 12.2. The van der Waals surface area contributed by atoms with Gasteiger partial charge in [-0.3, -0.25) is 0 Å². The fourth-order valence-electron chi connectivity index (χ4n) is 10.4. The van der Waals surface area contributed by atoms with E-state index in [0.29, 0.717) is 0 Å². The third kappa shape index (κ3) is 4.60. The van der Waals surface area contributed by atoms with E-state index in [9.17, 15) is 0 Å². The Labute approximate surface area is 337 Å². The number of benzene rings is 10. The lowest BCUT2D eigenvalue weighted by Crippen LogP contribution is -2.17. The zero-order valence-electron chi connectivity index (χ0n) is 32.7. The van der Waals surface area contributed by atoms with Crippen LogP contribution in [0.15, 0.2) is 186 Å². The molecule has 0 saturated carbocycles. The van der Waals surface area contributed by atoms with Gasteiger partial charge in [-0.1, -0.05) is 159 Å². The molecule has 2 heteroatoms. The molecule has 0 unspecified atom stereocenters. The molecular formula is C56H39NO. The zero-order valence-corrected chi connectivity index (χ0v) is 32.7. The number of fused-ring (bicyclic) bond motifs is 7. The maximum absolute atomic E-state index is 7.25. The molecule has 0 N–H and O–H groups in total. The summed E-state index contributed by atoms with van der Waals surface area (Å²) < 4.78 is 7.25. The molecule has 0 saturated heterocycles. The summed E-state index contributed by atoms with van der Waals surface area (Å²) in [6, 6.07) is 66.4. The van der Waals surface area contributed by atoms with Gasteiger partial charge in [0, 0.05) is 44.4 Å². The van der Waals surface area contributed by atoms with E-state index in [0.717, 1.165) is 44.7 Å². The molecule has 1 aliphatic rings. The maximum atomic E-state index is 7.25. The van der Waals surface area contributed by atoms with Gasteiger partial charge in [0.2, 0.25) is 0 Å². The Bertz CT molecular complexity index is 3350. The highest BCUT2D eigenvalue weighted by molar-refractivity contribution is 6.24. The maximum Gasteiger partial charge on any atom is 0.144 e. The van der Waals surface area contributed by atoms with E-state index < -0.39 is 0 Å². The molecule has 10 aromatic carbocycles. The van der Waals surface area contributed by atoms with Crippen LogP contribution in [-0.2, 0) is 5.41 Å². The molecular weight excluding hydrogens is 703 g/mol. The van der Waals surface area contributed by atoms with E-state index in [4.69, 9.17) is 4.42 Å². The molecule has 0 amide bonds. The van der Waals surface area contributed by atoms with Crippen molar-refractivity contribution in [2.75, 3.05) is 4.90 Å². The van der Waals surface area contributed by atoms with Crippen molar-refractivity contribution in [3.8, 4) is 33.4 Å². The molecule has 11 aromatic rings. The van der Waals surface area contributed by atoms with Gasteiger partial charge in [-0.15, -0.1) is 0 Å². The van der Waals surface area contributed by atoms with Gasteiger partial charge in [-0.05, 0) is 115 Å². The standard InChI is InChI=1S/C56H39NO/c1-34-48(36-14-6-4-7-15-36)51-46-22-13-21-44(54(46)58-55(51)52-45-20-10-11-23-47(45)56(2,3)53(34)52)35-28-30-42(31-29-35)57(41-18-8-5-9-19-41)43-32-39-26-24-37-16-12-17-38-25-27-40(33-43)50(39)49(37)38/h4-33H,1-3H3. The summed E-state index contributed by atoms with van der Waals surface area (Å²) in [4.78, 5) is 2.37. The first-order chi connectivity index (χ1) is 28.5. The predicted octanol–water partition coefficient (Wildman–Crippen LogP) is 15.9. The molecule has 274 valence electrons. The molecule has 1 heterocycles. The zero-order chi connectivity index (χ0) is 38.7. The van der Waals surface area contributed by atoms with Crippen LogP contribution in [0.4, 0.5) is 17.1 Å². The number of nitrogens with zero attached hydrogens (tertiary/aromatic N) is 1. The summed E-state index contributed by atoms with van der Waals surface area (Å²) in [5.41, 5.74) is 16.3. The fraction of sp³-hybridized carbons (Fsp3) is 0.0714. The first-order valence-electron chi connectivity index (χ1n) is 20.3. The van der Waals surface area contributed by atoms with Crippen LogP contribution < -0.4 is 4.90 Å². The van der Waals surface area contributed by atoms with E-state index in [1.54, 1.807) is 0 Å². The van der Waals surface area contributed by atoms with Crippen LogP contribution in [0.1, 0.15) is 30.5 Å². The minimum Gasteiger partial charge on any atom is -0.455 e. The predicted molar refractivity (Wildman–Crippen MR) is 245 cm³/mol. The van der Waals surface area contributed by atoms with Crippen LogP contribution in [0.5, 0.6) is 0 Å². The quantitative estimate of drug-likeness (QED) is 0.163. The Morgan fingerprint density at radius 3 is 1.74 bits per heavy atom. The smallest absolute Gasteiger partial charge is 0.144 e. The average Bonchev–Trinajstić information content (AvgIpc) is 3.76. The molecule has 0 spiro atoms. The first kappa shape index (κ1) is 33.0. The molecule has 0 bridgehead atoms. The summed E-state index contributed by atoms with van der Waals surface area (Å²) in [6.07, 6.45) is 0. The van der Waals surface area contributed by atoms with Gasteiger partial charge in [0.25, 0.3) is 0 Å². The minimum absolute atomic E-state index is 0.161. The Morgan fingerprint density at radius 1 is 0.431 bits per heavy atom. The van der Waals surface area contributed by atoms with E-state index in [-0.39, 0.29) is 5.41 Å². The van der Waals surface area contributed by atoms with Gasteiger partial charge in [0.1, 0.15) is 11.2 Å². The van der Waals surface area contributed by atoms with Crippen LogP contribution in [0.25, 0.3) is 87.6 Å². The van der Waals surface area contributed by atoms with Crippen LogP contribution >= 0.6 is 0 Å². The summed E-state index contributed by atoms with van der Waals surface area (Å²) in [6.45, 7) is 7.04. The van der Waals surface area contributed by atoms with Crippen LogP contribution in [0.2, 0.25) is 0 Å². The lowest BCUT2D eigenvalue weighted by molar-refractivity contribution is 0.650. The van der Waals surface area contributed by atoms with Gasteiger partial charge in [-0.25, -0.2) is 0 Å². The summed E-state index contributed by atoms with van der Waals surface area (Å²) in [5.74, 6) is 0. The van der Waals surface area contributed by atoms with Crippen LogP contribution in [0.3, 0.4) is 0 Å². The second-order valence-corrected chi connectivity index (χ2v) is 16.5. The number of furan rings is 1. The lowest BCUT2D eigenvalue weighted by Gasteiger charge is -2.26. The van der Waals surface area contributed by atoms with Crippen molar-refractivity contribution in [3.63, 3.8) is 0 Å². The van der Waals surface area contributed by atoms with E-state index in [2.05, 4.69) is 208 Å². The summed E-state index contributed by atoms with van der Waals surface area (Å²) in [7, 11) is 0. The minimum atomic E-state index is -0.161. The summed E-state index contributed by atoms with van der Waals surface area (Å²) >= 11 is 0. The second-order valence-electron chi connectivity index (χ2n) is 16.5. The third-order valence-corrected chi connectivity index (χ3v) is 12.9. The molecule has 1 aliphatic carbocycles. The van der Waals surface area contributed by atoms with Crippen molar-refractivity contribution < 1.29 is 4.42 Å². The van der Waals surface area contributed by atoms with Crippen molar-refractivity contribution in [2.24, 2.45) is 0 Å². The molecule has 0 atom stereocenters. The van der Waals surface area contributed by atoms with Crippen molar-refractivity contribution in [2.45, 2.75) is 26.2 Å². The van der Waals surface area contributed by atoms with Gasteiger partial charge >= 0.3 is 0 Å². The van der Waals surface area contributed by atoms with Crippen molar-refractivity contribution in [1.29, 1.82) is 0 Å². The monoisotopic (exact) mass is 741 g/mol. The van der Waals surface area contributed by atoms with Gasteiger partial charge in [0.15, 0.2) is 0 Å². The molecule has 0 fully saturated rings. The fourth-order valence-corrected chi connectivity index (χ4v) is 10.4. The average molecular weight is 742 g/mol. The molecule has 0 radical (unpaired) electrons.